The average Bonchev–Trinajstić information content (AvgIpc) is 2.87. The minimum Gasteiger partial charge on any atom is -0.497 e. The van der Waals surface area contributed by atoms with Gasteiger partial charge in [0.25, 0.3) is 0 Å². The van der Waals surface area contributed by atoms with Crippen LogP contribution in [0.5, 0.6) is 5.75 Å². The summed E-state index contributed by atoms with van der Waals surface area (Å²) in [6.07, 6.45) is -0.0206. The summed E-state index contributed by atoms with van der Waals surface area (Å²) in [6, 6.07) is 6.79. The second-order valence-corrected chi connectivity index (χ2v) is 5.03. The highest BCUT2D eigenvalue weighted by molar-refractivity contribution is 6.38. The molecule has 0 aliphatic carbocycles. The van der Waals surface area contributed by atoms with Gasteiger partial charge in [0.05, 0.1) is 19.4 Å². The predicted molar refractivity (Wildman–Crippen MR) is 80.2 cm³/mol. The van der Waals surface area contributed by atoms with E-state index < -0.39 is 17.5 Å². The first-order valence-electron chi connectivity index (χ1n) is 6.84. The van der Waals surface area contributed by atoms with Gasteiger partial charge in [-0.2, -0.15) is 5.10 Å². The molecule has 22 heavy (non-hydrogen) atoms. The summed E-state index contributed by atoms with van der Waals surface area (Å²) in [7, 11) is 1.54. The molecule has 0 bridgehead atoms. The molecule has 1 heterocycles. The van der Waals surface area contributed by atoms with Crippen LogP contribution in [0.2, 0.25) is 0 Å². The number of hydrazone groups is 1. The van der Waals surface area contributed by atoms with Gasteiger partial charge in [0.2, 0.25) is 0 Å². The van der Waals surface area contributed by atoms with Crippen LogP contribution in [-0.2, 0) is 14.3 Å². The zero-order valence-corrected chi connectivity index (χ0v) is 12.7. The van der Waals surface area contributed by atoms with Crippen LogP contribution in [0.15, 0.2) is 29.4 Å². The van der Waals surface area contributed by atoms with Crippen LogP contribution in [0.3, 0.4) is 0 Å². The zero-order valence-electron chi connectivity index (χ0n) is 12.7. The Kier molecular flexibility index (Phi) is 4.35. The number of carbonyl (C=O) groups excluding carboxylic acids is 1. The highest BCUT2D eigenvalue weighted by atomic mass is 16.5. The van der Waals surface area contributed by atoms with Crippen LogP contribution in [0.25, 0.3) is 0 Å². The van der Waals surface area contributed by atoms with Gasteiger partial charge in [-0.1, -0.05) is 0 Å². The maximum atomic E-state index is 11.8. The van der Waals surface area contributed by atoms with Gasteiger partial charge in [-0.3, -0.25) is 0 Å². The minimum atomic E-state index is -1.34. The molecular formula is C15H18N2O5. The molecule has 0 fully saturated rings. The van der Waals surface area contributed by atoms with Gasteiger partial charge in [-0.15, -0.1) is 0 Å². The molecule has 0 aromatic heterocycles. The van der Waals surface area contributed by atoms with E-state index in [1.54, 1.807) is 38.3 Å². The van der Waals surface area contributed by atoms with Crippen LogP contribution in [0.1, 0.15) is 20.3 Å². The minimum absolute atomic E-state index is 0.0206. The van der Waals surface area contributed by atoms with Gasteiger partial charge in [0, 0.05) is 6.42 Å². The SMILES string of the molecule is CCOC(=O)C1=NN(c2ccc(OC)cc2)C(C)(C(=O)O)C1. The Balaban J connectivity index is 2.38. The number of anilines is 1. The molecule has 0 amide bonds. The Morgan fingerprint density at radius 2 is 2.00 bits per heavy atom. The van der Waals surface area contributed by atoms with E-state index in [2.05, 4.69) is 5.10 Å². The van der Waals surface area contributed by atoms with E-state index in [-0.39, 0.29) is 18.7 Å². The third-order valence-corrected chi connectivity index (χ3v) is 3.49. The summed E-state index contributed by atoms with van der Waals surface area (Å²) in [6.45, 7) is 3.42. The van der Waals surface area contributed by atoms with Crippen LogP contribution in [-0.4, -0.2) is 42.0 Å². The van der Waals surface area contributed by atoms with E-state index in [9.17, 15) is 14.7 Å². The molecule has 0 saturated heterocycles. The molecule has 1 aromatic carbocycles. The van der Waals surface area contributed by atoms with E-state index in [4.69, 9.17) is 9.47 Å². The topological polar surface area (TPSA) is 88.4 Å². The number of hydrogen-bond donors (Lipinski definition) is 1. The standard InChI is InChI=1S/C15H18N2O5/c1-4-22-13(18)12-9-15(2,14(19)20)17(16-12)10-5-7-11(21-3)8-6-10/h5-8H,4,9H2,1-3H3,(H,19,20). The van der Waals surface area contributed by atoms with E-state index in [0.717, 1.165) is 0 Å². The quantitative estimate of drug-likeness (QED) is 0.832. The van der Waals surface area contributed by atoms with E-state index in [1.165, 1.54) is 11.9 Å². The normalized spacial score (nSPS) is 20.5. The number of hydrogen-bond acceptors (Lipinski definition) is 6. The van der Waals surface area contributed by atoms with Crippen molar-refractivity contribution >= 4 is 23.3 Å². The fourth-order valence-electron chi connectivity index (χ4n) is 2.23. The Morgan fingerprint density at radius 1 is 1.36 bits per heavy atom. The van der Waals surface area contributed by atoms with E-state index >= 15 is 0 Å². The molecule has 0 saturated carbocycles. The maximum Gasteiger partial charge on any atom is 0.354 e. The van der Waals surface area contributed by atoms with Gasteiger partial charge >= 0.3 is 11.9 Å². The molecule has 1 atom stereocenters. The number of carbonyl (C=O) groups is 2. The highest BCUT2D eigenvalue weighted by Crippen LogP contribution is 2.34. The fraction of sp³-hybridized carbons (Fsp3) is 0.400. The summed E-state index contributed by atoms with van der Waals surface area (Å²) >= 11 is 0. The fourth-order valence-corrected chi connectivity index (χ4v) is 2.23. The largest absolute Gasteiger partial charge is 0.497 e. The molecule has 1 unspecified atom stereocenters. The monoisotopic (exact) mass is 306 g/mol. The van der Waals surface area contributed by atoms with Crippen molar-refractivity contribution < 1.29 is 24.2 Å². The van der Waals surface area contributed by atoms with Crippen molar-refractivity contribution in [3.63, 3.8) is 0 Å². The highest BCUT2D eigenvalue weighted by Gasteiger charge is 2.48. The van der Waals surface area contributed by atoms with Crippen LogP contribution in [0, 0.1) is 0 Å². The number of rotatable bonds is 5. The first kappa shape index (κ1) is 15.8. The maximum absolute atomic E-state index is 11.8. The van der Waals surface area contributed by atoms with Crippen molar-refractivity contribution in [2.45, 2.75) is 25.8 Å². The smallest absolute Gasteiger partial charge is 0.354 e. The van der Waals surface area contributed by atoms with Crippen molar-refractivity contribution in [3.8, 4) is 5.75 Å². The molecule has 118 valence electrons. The first-order valence-corrected chi connectivity index (χ1v) is 6.84. The second-order valence-electron chi connectivity index (χ2n) is 5.03. The third-order valence-electron chi connectivity index (χ3n) is 3.49. The summed E-state index contributed by atoms with van der Waals surface area (Å²) in [5.74, 6) is -1.01. The lowest BCUT2D eigenvalue weighted by Crippen LogP contribution is -2.47. The number of carboxylic acid groups (broad SMARTS) is 1. The van der Waals surface area contributed by atoms with Crippen molar-refractivity contribution in [1.82, 2.24) is 0 Å². The molecule has 1 aromatic rings. The average molecular weight is 306 g/mol. The number of nitrogens with zero attached hydrogens (tertiary/aromatic N) is 2. The van der Waals surface area contributed by atoms with E-state index in [1.807, 2.05) is 0 Å². The van der Waals surface area contributed by atoms with Gasteiger partial charge in [0.15, 0.2) is 5.54 Å². The number of esters is 1. The van der Waals surface area contributed by atoms with Gasteiger partial charge in [0.1, 0.15) is 11.5 Å². The number of ether oxygens (including phenoxy) is 2. The van der Waals surface area contributed by atoms with Crippen molar-refractivity contribution in [2.75, 3.05) is 18.7 Å². The molecule has 1 aliphatic rings. The molecule has 0 radical (unpaired) electrons. The van der Waals surface area contributed by atoms with Crippen LogP contribution >= 0.6 is 0 Å². The van der Waals surface area contributed by atoms with Gasteiger partial charge in [-0.05, 0) is 38.1 Å². The lowest BCUT2D eigenvalue weighted by atomic mass is 9.95. The van der Waals surface area contributed by atoms with Crippen LogP contribution in [0.4, 0.5) is 5.69 Å². The molecule has 1 aliphatic heterocycles. The Labute approximate surface area is 128 Å². The summed E-state index contributed by atoms with van der Waals surface area (Å²) < 4.78 is 9.99. The Bertz CT molecular complexity index is 611. The molecular weight excluding hydrogens is 288 g/mol. The summed E-state index contributed by atoms with van der Waals surface area (Å²) in [5.41, 5.74) is -0.677. The number of benzene rings is 1. The molecule has 2 rings (SSSR count). The molecule has 7 heteroatoms. The Hall–Kier alpha value is -2.57. The lowest BCUT2D eigenvalue weighted by molar-refractivity contribution is -0.142. The molecule has 0 spiro atoms. The second kappa shape index (κ2) is 6.05. The zero-order chi connectivity index (χ0) is 16.3. The van der Waals surface area contributed by atoms with Gasteiger partial charge in [-0.25, -0.2) is 14.6 Å². The lowest BCUT2D eigenvalue weighted by Gasteiger charge is -2.30. The van der Waals surface area contributed by atoms with Gasteiger partial charge < -0.3 is 14.6 Å². The Morgan fingerprint density at radius 3 is 2.50 bits per heavy atom. The van der Waals surface area contributed by atoms with Crippen LogP contribution < -0.4 is 9.75 Å². The number of methoxy groups -OCH3 is 1. The van der Waals surface area contributed by atoms with E-state index in [0.29, 0.717) is 11.4 Å². The molecule has 7 nitrogen and oxygen atoms in total. The van der Waals surface area contributed by atoms with Crippen molar-refractivity contribution in [3.05, 3.63) is 24.3 Å². The molecule has 1 N–H and O–H groups in total. The number of carboxylic acids is 1. The summed E-state index contributed by atoms with van der Waals surface area (Å²) in [4.78, 5) is 23.5. The number of aliphatic carboxylic acids is 1. The van der Waals surface area contributed by atoms with Crippen molar-refractivity contribution in [1.29, 1.82) is 0 Å². The van der Waals surface area contributed by atoms with Crippen molar-refractivity contribution in [2.24, 2.45) is 5.10 Å². The first-order chi connectivity index (χ1) is 10.4. The predicted octanol–water partition coefficient (Wildman–Crippen LogP) is 1.67. The summed E-state index contributed by atoms with van der Waals surface area (Å²) in [5, 5.41) is 15.0. The third kappa shape index (κ3) is 2.74.